The second-order valence-corrected chi connectivity index (χ2v) is 5.90. The van der Waals surface area contributed by atoms with Gasteiger partial charge in [0.15, 0.2) is 0 Å². The van der Waals surface area contributed by atoms with Crippen molar-refractivity contribution in [3.8, 4) is 5.69 Å². The van der Waals surface area contributed by atoms with Crippen LogP contribution >= 0.6 is 12.2 Å². The zero-order valence-corrected chi connectivity index (χ0v) is 14.4. The topological polar surface area (TPSA) is 62.7 Å². The summed E-state index contributed by atoms with van der Waals surface area (Å²) in [7, 11) is 0. The molecule has 0 radical (unpaired) electrons. The first-order valence-corrected chi connectivity index (χ1v) is 8.05. The number of carbonyl (C=O) groups excluding carboxylic acids is 1. The summed E-state index contributed by atoms with van der Waals surface area (Å²) in [6.07, 6.45) is 1.71. The number of nitrogens with zero attached hydrogens (tertiary/aromatic N) is 2. The monoisotopic (exact) mass is 338 g/mol. The largest absolute Gasteiger partial charge is 0.352 e. The van der Waals surface area contributed by atoms with Gasteiger partial charge in [-0.25, -0.2) is 4.68 Å². The van der Waals surface area contributed by atoms with Crippen molar-refractivity contribution >= 4 is 18.1 Å². The Hall–Kier alpha value is -2.73. The van der Waals surface area contributed by atoms with Crippen LogP contribution in [0.4, 0.5) is 0 Å². The number of hydrogen-bond acceptors (Lipinski definition) is 3. The Bertz CT molecular complexity index is 928. The fourth-order valence-corrected chi connectivity index (χ4v) is 2.84. The number of aryl methyl sites for hydroxylation is 1. The molecule has 24 heavy (non-hydrogen) atoms. The van der Waals surface area contributed by atoms with Crippen molar-refractivity contribution in [1.29, 1.82) is 0 Å². The second-order valence-electron chi connectivity index (χ2n) is 5.49. The van der Waals surface area contributed by atoms with E-state index in [4.69, 9.17) is 12.2 Å². The van der Waals surface area contributed by atoms with Gasteiger partial charge in [0.2, 0.25) is 0 Å². The number of carbonyl (C=O) groups is 1. The molecule has 0 aliphatic carbocycles. The molecule has 0 saturated carbocycles. The molecule has 0 unspecified atom stereocenters. The molecule has 0 aliphatic rings. The highest BCUT2D eigenvalue weighted by molar-refractivity contribution is 7.71. The summed E-state index contributed by atoms with van der Waals surface area (Å²) >= 11 is 5.15. The Balaban J connectivity index is 1.82. The number of benzene rings is 1. The predicted octanol–water partition coefficient (Wildman–Crippen LogP) is 3.48. The molecule has 3 aromatic rings. The Morgan fingerprint density at radius 3 is 2.67 bits per heavy atom. The van der Waals surface area contributed by atoms with E-state index in [1.165, 1.54) is 0 Å². The van der Waals surface area contributed by atoms with E-state index in [0.29, 0.717) is 16.7 Å². The third-order valence-corrected chi connectivity index (χ3v) is 4.27. The molecule has 0 atom stereocenters. The van der Waals surface area contributed by atoms with E-state index in [1.54, 1.807) is 18.3 Å². The molecule has 6 heteroatoms. The average Bonchev–Trinajstić information content (AvgIpc) is 2.88. The first-order chi connectivity index (χ1) is 11.6. The number of rotatable bonds is 4. The molecule has 2 heterocycles. The molecule has 0 aliphatic heterocycles. The molecule has 1 amide bonds. The maximum atomic E-state index is 12.3. The third kappa shape index (κ3) is 3.14. The summed E-state index contributed by atoms with van der Waals surface area (Å²) in [6.45, 7) is 4.36. The quantitative estimate of drug-likeness (QED) is 0.716. The number of pyridine rings is 1. The summed E-state index contributed by atoms with van der Waals surface area (Å²) in [4.78, 5) is 15.2. The molecule has 1 aromatic carbocycles. The smallest absolute Gasteiger partial charge is 0.254 e. The predicted molar refractivity (Wildman–Crippen MR) is 95.8 cm³/mol. The number of aromatic nitrogens is 3. The average molecular weight is 338 g/mol. The molecular formula is C18H18N4OS. The van der Waals surface area contributed by atoms with Crippen LogP contribution in [0, 0.1) is 18.5 Å². The van der Waals surface area contributed by atoms with Crippen LogP contribution in [0.5, 0.6) is 0 Å². The van der Waals surface area contributed by atoms with Crippen LogP contribution < -0.4 is 5.32 Å². The van der Waals surface area contributed by atoms with Gasteiger partial charge in [0, 0.05) is 24.0 Å². The molecule has 2 N–H and O–H groups in total. The van der Waals surface area contributed by atoms with E-state index >= 15 is 0 Å². The second kappa shape index (κ2) is 6.80. The van der Waals surface area contributed by atoms with Crippen LogP contribution in [-0.2, 0) is 6.54 Å². The summed E-state index contributed by atoms with van der Waals surface area (Å²) in [5.41, 5.74) is 4.39. The summed E-state index contributed by atoms with van der Waals surface area (Å²) in [5.74, 6) is -0.192. The minimum atomic E-state index is -0.192. The number of H-pyrrole nitrogens is 1. The van der Waals surface area contributed by atoms with Crippen molar-refractivity contribution in [2.45, 2.75) is 20.4 Å². The van der Waals surface area contributed by atoms with E-state index in [1.807, 2.05) is 48.9 Å². The standard InChI is InChI=1S/C18H18N4OS/c1-12-16(11-20-17(23)15-9-6-10-19-18(15)24)13(2)22(21-12)14-7-4-3-5-8-14/h3-10H,11H2,1-2H3,(H,19,24)(H,20,23). The van der Waals surface area contributed by atoms with Crippen LogP contribution in [-0.4, -0.2) is 20.7 Å². The Morgan fingerprint density at radius 1 is 1.21 bits per heavy atom. The Labute approximate surface area is 145 Å². The number of aromatic amines is 1. The number of nitrogens with one attached hydrogen (secondary N) is 2. The van der Waals surface area contributed by atoms with Gasteiger partial charge in [-0.15, -0.1) is 0 Å². The summed E-state index contributed by atoms with van der Waals surface area (Å²) in [6, 6.07) is 13.4. The highest BCUT2D eigenvalue weighted by Gasteiger charge is 2.14. The number of hydrogen-bond donors (Lipinski definition) is 2. The zero-order valence-electron chi connectivity index (χ0n) is 13.5. The van der Waals surface area contributed by atoms with E-state index in [0.717, 1.165) is 22.6 Å². The highest BCUT2D eigenvalue weighted by Crippen LogP contribution is 2.17. The SMILES string of the molecule is Cc1nn(-c2ccccc2)c(C)c1CNC(=O)c1ccc[nH]c1=S. The molecule has 0 fully saturated rings. The molecule has 0 saturated heterocycles. The van der Waals surface area contributed by atoms with Crippen LogP contribution in [0.1, 0.15) is 27.3 Å². The third-order valence-electron chi connectivity index (χ3n) is 3.93. The van der Waals surface area contributed by atoms with Crippen molar-refractivity contribution in [3.63, 3.8) is 0 Å². The molecule has 0 bridgehead atoms. The van der Waals surface area contributed by atoms with E-state index in [9.17, 15) is 4.79 Å². The molecule has 122 valence electrons. The van der Waals surface area contributed by atoms with Gasteiger partial charge in [-0.05, 0) is 38.1 Å². The van der Waals surface area contributed by atoms with E-state index in [2.05, 4.69) is 15.4 Å². The van der Waals surface area contributed by atoms with Crippen LogP contribution in [0.2, 0.25) is 0 Å². The van der Waals surface area contributed by atoms with E-state index < -0.39 is 0 Å². The lowest BCUT2D eigenvalue weighted by Gasteiger charge is -2.07. The Morgan fingerprint density at radius 2 is 1.96 bits per heavy atom. The highest BCUT2D eigenvalue weighted by atomic mass is 32.1. The van der Waals surface area contributed by atoms with Gasteiger partial charge < -0.3 is 10.3 Å². The number of amides is 1. The maximum Gasteiger partial charge on any atom is 0.254 e. The minimum Gasteiger partial charge on any atom is -0.352 e. The molecule has 2 aromatic heterocycles. The van der Waals surface area contributed by atoms with Gasteiger partial charge >= 0.3 is 0 Å². The van der Waals surface area contributed by atoms with E-state index in [-0.39, 0.29) is 5.91 Å². The Kier molecular flexibility index (Phi) is 4.57. The fraction of sp³-hybridized carbons (Fsp3) is 0.167. The lowest BCUT2D eigenvalue weighted by Crippen LogP contribution is -2.24. The van der Waals surface area contributed by atoms with Crippen molar-refractivity contribution in [2.75, 3.05) is 0 Å². The van der Waals surface area contributed by atoms with Crippen molar-refractivity contribution in [2.24, 2.45) is 0 Å². The van der Waals surface area contributed by atoms with Crippen molar-refractivity contribution in [1.82, 2.24) is 20.1 Å². The van der Waals surface area contributed by atoms with Gasteiger partial charge in [0.1, 0.15) is 4.64 Å². The lowest BCUT2D eigenvalue weighted by atomic mass is 10.2. The summed E-state index contributed by atoms with van der Waals surface area (Å²) < 4.78 is 2.33. The fourth-order valence-electron chi connectivity index (χ4n) is 2.62. The molecule has 5 nitrogen and oxygen atoms in total. The molecule has 3 rings (SSSR count). The van der Waals surface area contributed by atoms with Gasteiger partial charge in [0.05, 0.1) is 16.9 Å². The maximum absolute atomic E-state index is 12.3. The van der Waals surface area contributed by atoms with Crippen LogP contribution in [0.3, 0.4) is 0 Å². The lowest BCUT2D eigenvalue weighted by molar-refractivity contribution is 0.0950. The van der Waals surface area contributed by atoms with Crippen LogP contribution in [0.25, 0.3) is 5.69 Å². The van der Waals surface area contributed by atoms with Gasteiger partial charge in [-0.2, -0.15) is 5.10 Å². The zero-order chi connectivity index (χ0) is 17.1. The van der Waals surface area contributed by atoms with Crippen molar-refractivity contribution < 1.29 is 4.79 Å². The van der Waals surface area contributed by atoms with Gasteiger partial charge in [-0.1, -0.05) is 30.4 Å². The van der Waals surface area contributed by atoms with Crippen molar-refractivity contribution in [3.05, 3.63) is 75.8 Å². The normalized spacial score (nSPS) is 10.6. The summed E-state index contributed by atoms with van der Waals surface area (Å²) in [5, 5.41) is 7.51. The van der Waals surface area contributed by atoms with Crippen LogP contribution in [0.15, 0.2) is 48.7 Å². The first kappa shape index (κ1) is 16.1. The number of para-hydroxylation sites is 1. The van der Waals surface area contributed by atoms with Gasteiger partial charge in [0.25, 0.3) is 5.91 Å². The first-order valence-electron chi connectivity index (χ1n) is 7.64. The van der Waals surface area contributed by atoms with Gasteiger partial charge in [-0.3, -0.25) is 4.79 Å². The molecular weight excluding hydrogens is 320 g/mol. The molecule has 0 spiro atoms. The minimum absolute atomic E-state index is 0.192.